The molecule has 0 spiro atoms. The van der Waals surface area contributed by atoms with Crippen LogP contribution in [0.15, 0.2) is 0 Å². The molecule has 0 aliphatic heterocycles. The van der Waals surface area contributed by atoms with Gasteiger partial charge in [0.2, 0.25) is 0 Å². The summed E-state index contributed by atoms with van der Waals surface area (Å²) in [7, 11) is 0. The smallest absolute Gasteiger partial charge is 0.00989 e. The Morgan fingerprint density at radius 3 is 2.14 bits per heavy atom. The third-order valence-electron chi connectivity index (χ3n) is 7.42. The summed E-state index contributed by atoms with van der Waals surface area (Å²) in [4.78, 5) is 0. The van der Waals surface area contributed by atoms with Gasteiger partial charge in [0, 0.05) is 25.2 Å². The topological polar surface area (TPSA) is 24.1 Å². The Morgan fingerprint density at radius 2 is 1.50 bits per heavy atom. The fourth-order valence-corrected chi connectivity index (χ4v) is 5.61. The van der Waals surface area contributed by atoms with Crippen LogP contribution in [-0.4, -0.2) is 25.2 Å². The second kappa shape index (κ2) is 7.21. The van der Waals surface area contributed by atoms with Gasteiger partial charge in [-0.05, 0) is 48.9 Å². The predicted molar refractivity (Wildman–Crippen MR) is 95.1 cm³/mol. The first-order chi connectivity index (χ1) is 10.6. The van der Waals surface area contributed by atoms with Gasteiger partial charge in [0.15, 0.2) is 0 Å². The standard InChI is InChI=1S/C20H38N2/c1-15-18-13-16(20(18,2)3)14-19(15)22-12-11-21-17-9-7-5-4-6-8-10-17/h15-19,21-22H,4-14H2,1-3H3/t15?,16-,18+,19-/m0/s1. The first kappa shape index (κ1) is 16.8. The monoisotopic (exact) mass is 306 g/mol. The van der Waals surface area contributed by atoms with E-state index < -0.39 is 0 Å². The van der Waals surface area contributed by atoms with Crippen LogP contribution >= 0.6 is 0 Å². The van der Waals surface area contributed by atoms with Gasteiger partial charge in [0.1, 0.15) is 0 Å². The van der Waals surface area contributed by atoms with E-state index in [9.17, 15) is 0 Å². The summed E-state index contributed by atoms with van der Waals surface area (Å²) in [6.45, 7) is 9.79. The highest BCUT2D eigenvalue weighted by atomic mass is 15.0. The number of fused-ring (bicyclic) bond motifs is 2. The van der Waals surface area contributed by atoms with Gasteiger partial charge in [0.05, 0.1) is 0 Å². The molecule has 0 amide bonds. The maximum absolute atomic E-state index is 3.88. The van der Waals surface area contributed by atoms with Gasteiger partial charge in [-0.3, -0.25) is 0 Å². The average molecular weight is 307 g/mol. The van der Waals surface area contributed by atoms with Crippen molar-refractivity contribution in [2.24, 2.45) is 23.2 Å². The number of nitrogens with one attached hydrogen (secondary N) is 2. The lowest BCUT2D eigenvalue weighted by atomic mass is 9.45. The minimum absolute atomic E-state index is 0.620. The quantitative estimate of drug-likeness (QED) is 0.738. The maximum Gasteiger partial charge on any atom is 0.00989 e. The molecule has 0 aromatic heterocycles. The molecule has 2 nitrogen and oxygen atoms in total. The van der Waals surface area contributed by atoms with Gasteiger partial charge >= 0.3 is 0 Å². The van der Waals surface area contributed by atoms with E-state index >= 15 is 0 Å². The predicted octanol–water partition coefficient (Wildman–Crippen LogP) is 4.35. The van der Waals surface area contributed by atoms with Crippen LogP contribution < -0.4 is 10.6 Å². The molecule has 22 heavy (non-hydrogen) atoms. The van der Waals surface area contributed by atoms with Crippen LogP contribution in [0.4, 0.5) is 0 Å². The van der Waals surface area contributed by atoms with Crippen molar-refractivity contribution in [1.29, 1.82) is 0 Å². The zero-order valence-corrected chi connectivity index (χ0v) is 15.2. The van der Waals surface area contributed by atoms with Crippen molar-refractivity contribution in [1.82, 2.24) is 10.6 Å². The van der Waals surface area contributed by atoms with Crippen molar-refractivity contribution in [2.45, 2.75) is 90.6 Å². The minimum atomic E-state index is 0.620. The van der Waals surface area contributed by atoms with Crippen LogP contribution in [0.5, 0.6) is 0 Å². The van der Waals surface area contributed by atoms with Crippen molar-refractivity contribution in [3.8, 4) is 0 Å². The Kier molecular flexibility index (Phi) is 5.50. The second-order valence-electron chi connectivity index (χ2n) is 9.01. The first-order valence-electron chi connectivity index (χ1n) is 10.1. The highest BCUT2D eigenvalue weighted by molar-refractivity contribution is 5.06. The van der Waals surface area contributed by atoms with Crippen molar-refractivity contribution in [2.75, 3.05) is 13.1 Å². The van der Waals surface area contributed by atoms with E-state index in [0.717, 1.165) is 42.9 Å². The van der Waals surface area contributed by atoms with E-state index in [0.29, 0.717) is 5.41 Å². The van der Waals surface area contributed by atoms with Crippen LogP contribution in [-0.2, 0) is 0 Å². The Balaban J connectivity index is 1.34. The summed E-state index contributed by atoms with van der Waals surface area (Å²) >= 11 is 0. The SMILES string of the molecule is CC1[C@@H](NCCNC2CCCCCCC2)C[C@@H]2C[C@H]1C2(C)C. The zero-order chi connectivity index (χ0) is 15.6. The molecule has 4 aliphatic rings. The van der Waals surface area contributed by atoms with Crippen LogP contribution in [0.2, 0.25) is 0 Å². The number of hydrogen-bond acceptors (Lipinski definition) is 2. The molecule has 0 saturated heterocycles. The van der Waals surface area contributed by atoms with Crippen molar-refractivity contribution >= 4 is 0 Å². The molecule has 4 aliphatic carbocycles. The van der Waals surface area contributed by atoms with E-state index in [1.807, 2.05) is 0 Å². The molecule has 0 aromatic carbocycles. The summed E-state index contributed by atoms with van der Waals surface area (Å²) in [5, 5.41) is 7.69. The second-order valence-corrected chi connectivity index (χ2v) is 9.01. The van der Waals surface area contributed by atoms with Gasteiger partial charge in [-0.1, -0.05) is 52.9 Å². The minimum Gasteiger partial charge on any atom is -0.313 e. The lowest BCUT2D eigenvalue weighted by Crippen LogP contribution is -2.60. The third-order valence-corrected chi connectivity index (χ3v) is 7.42. The van der Waals surface area contributed by atoms with E-state index in [2.05, 4.69) is 31.4 Å². The highest BCUT2D eigenvalue weighted by Gasteiger charge is 2.55. The summed E-state index contributed by atoms with van der Waals surface area (Å²) in [6.07, 6.45) is 12.9. The molecule has 4 saturated carbocycles. The molecule has 1 unspecified atom stereocenters. The summed E-state index contributed by atoms with van der Waals surface area (Å²) in [5.74, 6) is 2.80. The average Bonchev–Trinajstić information content (AvgIpc) is 2.46. The van der Waals surface area contributed by atoms with Gasteiger partial charge in [-0.15, -0.1) is 0 Å². The van der Waals surface area contributed by atoms with E-state index in [1.54, 1.807) is 0 Å². The molecule has 4 atom stereocenters. The van der Waals surface area contributed by atoms with Crippen molar-refractivity contribution in [3.63, 3.8) is 0 Å². The van der Waals surface area contributed by atoms with Gasteiger partial charge in [-0.25, -0.2) is 0 Å². The van der Waals surface area contributed by atoms with E-state index in [1.165, 1.54) is 57.8 Å². The van der Waals surface area contributed by atoms with Crippen LogP contribution in [0.25, 0.3) is 0 Å². The molecular formula is C20H38N2. The van der Waals surface area contributed by atoms with Gasteiger partial charge in [-0.2, -0.15) is 0 Å². The third kappa shape index (κ3) is 3.53. The van der Waals surface area contributed by atoms with Crippen LogP contribution in [0.1, 0.15) is 78.6 Å². The van der Waals surface area contributed by atoms with Gasteiger partial charge < -0.3 is 10.6 Å². The largest absolute Gasteiger partial charge is 0.313 e. The Labute approximate surface area is 138 Å². The van der Waals surface area contributed by atoms with Crippen LogP contribution in [0.3, 0.4) is 0 Å². The first-order valence-corrected chi connectivity index (χ1v) is 10.1. The maximum atomic E-state index is 3.88. The lowest BCUT2D eigenvalue weighted by molar-refractivity contribution is -0.114. The van der Waals surface area contributed by atoms with Crippen molar-refractivity contribution in [3.05, 3.63) is 0 Å². The molecular weight excluding hydrogens is 268 g/mol. The van der Waals surface area contributed by atoms with Crippen LogP contribution in [0, 0.1) is 23.2 Å². The lowest BCUT2D eigenvalue weighted by Gasteiger charge is -2.62. The van der Waals surface area contributed by atoms with Crippen molar-refractivity contribution < 1.29 is 0 Å². The Bertz CT molecular complexity index is 344. The molecule has 2 N–H and O–H groups in total. The van der Waals surface area contributed by atoms with E-state index in [4.69, 9.17) is 0 Å². The Hall–Kier alpha value is -0.0800. The fourth-order valence-electron chi connectivity index (χ4n) is 5.61. The van der Waals surface area contributed by atoms with E-state index in [-0.39, 0.29) is 0 Å². The Morgan fingerprint density at radius 1 is 0.864 bits per heavy atom. The highest BCUT2D eigenvalue weighted by Crippen LogP contribution is 2.61. The fraction of sp³-hybridized carbons (Fsp3) is 1.00. The molecule has 0 heterocycles. The zero-order valence-electron chi connectivity index (χ0n) is 15.2. The number of hydrogen-bond donors (Lipinski definition) is 2. The normalized spacial score (nSPS) is 38.9. The molecule has 2 heteroatoms. The molecule has 4 fully saturated rings. The molecule has 0 radical (unpaired) electrons. The van der Waals surface area contributed by atoms with Gasteiger partial charge in [0.25, 0.3) is 0 Å². The summed E-state index contributed by atoms with van der Waals surface area (Å²) in [6, 6.07) is 1.56. The molecule has 4 rings (SSSR count). The summed E-state index contributed by atoms with van der Waals surface area (Å²) < 4.78 is 0. The molecule has 128 valence electrons. The summed E-state index contributed by atoms with van der Waals surface area (Å²) in [5.41, 5.74) is 0.620. The number of rotatable bonds is 5. The molecule has 2 bridgehead atoms. The molecule has 0 aromatic rings.